The van der Waals surface area contributed by atoms with Crippen molar-refractivity contribution in [3.63, 3.8) is 0 Å². The fourth-order valence-electron chi connectivity index (χ4n) is 1.15. The van der Waals surface area contributed by atoms with Gasteiger partial charge in [-0.2, -0.15) is 0 Å². The van der Waals surface area contributed by atoms with Crippen LogP contribution in [-0.4, -0.2) is 23.2 Å². The van der Waals surface area contributed by atoms with Gasteiger partial charge in [0.05, 0.1) is 10.9 Å². The van der Waals surface area contributed by atoms with E-state index in [0.29, 0.717) is 5.82 Å². The maximum absolute atomic E-state index is 11.6. The molecule has 0 saturated heterocycles. The lowest BCUT2D eigenvalue weighted by Crippen LogP contribution is -2.18. The van der Waals surface area contributed by atoms with Crippen molar-refractivity contribution in [1.29, 1.82) is 0 Å². The number of aryl methyl sites for hydroxylation is 2. The van der Waals surface area contributed by atoms with E-state index in [0.717, 1.165) is 5.69 Å². The number of imidazole rings is 1. The fourth-order valence-corrected chi connectivity index (χ4v) is 2.11. The highest BCUT2D eigenvalue weighted by Crippen LogP contribution is 2.10. The van der Waals surface area contributed by atoms with Crippen molar-refractivity contribution in [2.45, 2.75) is 31.8 Å². The third kappa shape index (κ3) is 2.35. The largest absolute Gasteiger partial charge is 0.337 e. The van der Waals surface area contributed by atoms with E-state index >= 15 is 0 Å². The van der Waals surface area contributed by atoms with Gasteiger partial charge in [-0.05, 0) is 20.8 Å². The van der Waals surface area contributed by atoms with Gasteiger partial charge in [-0.3, -0.25) is 0 Å². The minimum Gasteiger partial charge on any atom is -0.337 e. The third-order valence-electron chi connectivity index (χ3n) is 2.14. The maximum atomic E-state index is 11.6. The number of hydrogen-bond acceptors (Lipinski definition) is 3. The molecule has 0 N–H and O–H groups in total. The SMILES string of the molecule is Cc1cn(C)c(CS(=O)(=O)C(C)C)n1. The number of sulfone groups is 1. The van der Waals surface area contributed by atoms with Crippen molar-refractivity contribution >= 4 is 9.84 Å². The van der Waals surface area contributed by atoms with Gasteiger partial charge >= 0.3 is 0 Å². The zero-order valence-electron chi connectivity index (χ0n) is 8.98. The molecule has 0 aliphatic rings. The zero-order chi connectivity index (χ0) is 10.9. The summed E-state index contributed by atoms with van der Waals surface area (Å²) in [4.78, 5) is 4.16. The van der Waals surface area contributed by atoms with Crippen LogP contribution in [0.15, 0.2) is 6.20 Å². The first-order chi connectivity index (χ1) is 6.33. The molecule has 0 unspecified atom stereocenters. The Morgan fingerprint density at radius 2 is 2.07 bits per heavy atom. The summed E-state index contributed by atoms with van der Waals surface area (Å²) in [5.74, 6) is 0.630. The molecule has 0 radical (unpaired) electrons. The molecule has 1 rings (SSSR count). The van der Waals surface area contributed by atoms with Gasteiger partial charge in [0.2, 0.25) is 0 Å². The lowest BCUT2D eigenvalue weighted by atomic mass is 10.6. The molecule has 4 nitrogen and oxygen atoms in total. The van der Waals surface area contributed by atoms with Gasteiger partial charge in [0.1, 0.15) is 11.6 Å². The summed E-state index contributed by atoms with van der Waals surface area (Å²) in [6, 6.07) is 0. The van der Waals surface area contributed by atoms with Crippen LogP contribution < -0.4 is 0 Å². The molecule has 0 fully saturated rings. The van der Waals surface area contributed by atoms with Gasteiger partial charge in [0.15, 0.2) is 9.84 Å². The van der Waals surface area contributed by atoms with Crippen LogP contribution in [-0.2, 0) is 22.6 Å². The topological polar surface area (TPSA) is 52.0 Å². The Morgan fingerprint density at radius 1 is 1.50 bits per heavy atom. The molecule has 0 aliphatic heterocycles. The molecule has 0 spiro atoms. The average molecular weight is 216 g/mol. The molecule has 14 heavy (non-hydrogen) atoms. The van der Waals surface area contributed by atoms with Crippen molar-refractivity contribution in [3.05, 3.63) is 17.7 Å². The number of hydrogen-bond donors (Lipinski definition) is 0. The molecule has 0 aromatic carbocycles. The van der Waals surface area contributed by atoms with Crippen molar-refractivity contribution in [2.24, 2.45) is 7.05 Å². The Morgan fingerprint density at radius 3 is 2.43 bits per heavy atom. The third-order valence-corrected chi connectivity index (χ3v) is 4.24. The monoisotopic (exact) mass is 216 g/mol. The van der Waals surface area contributed by atoms with E-state index in [1.807, 2.05) is 20.2 Å². The predicted molar refractivity (Wildman–Crippen MR) is 55.7 cm³/mol. The standard InChI is InChI=1S/C9H16N2O2S/c1-7(2)14(12,13)6-9-10-8(3)5-11(9)4/h5,7H,6H2,1-4H3. The first-order valence-electron chi connectivity index (χ1n) is 4.53. The van der Waals surface area contributed by atoms with E-state index in [2.05, 4.69) is 4.98 Å². The van der Waals surface area contributed by atoms with E-state index in [4.69, 9.17) is 0 Å². The van der Waals surface area contributed by atoms with Gasteiger partial charge in [0.25, 0.3) is 0 Å². The summed E-state index contributed by atoms with van der Waals surface area (Å²) in [7, 11) is -1.23. The number of aromatic nitrogens is 2. The van der Waals surface area contributed by atoms with Gasteiger partial charge in [0, 0.05) is 13.2 Å². The summed E-state index contributed by atoms with van der Waals surface area (Å²) in [5, 5.41) is -0.348. The summed E-state index contributed by atoms with van der Waals surface area (Å²) >= 11 is 0. The van der Waals surface area contributed by atoms with Crippen LogP contribution in [0, 0.1) is 6.92 Å². The van der Waals surface area contributed by atoms with Crippen LogP contribution in [0.4, 0.5) is 0 Å². The first kappa shape index (κ1) is 11.2. The second kappa shape index (κ2) is 3.73. The van der Waals surface area contributed by atoms with E-state index in [1.165, 1.54) is 0 Å². The van der Waals surface area contributed by atoms with E-state index in [-0.39, 0.29) is 11.0 Å². The van der Waals surface area contributed by atoms with Crippen molar-refractivity contribution in [3.8, 4) is 0 Å². The van der Waals surface area contributed by atoms with Crippen LogP contribution >= 0.6 is 0 Å². The van der Waals surface area contributed by atoms with E-state index in [1.54, 1.807) is 18.4 Å². The van der Waals surface area contributed by atoms with E-state index in [9.17, 15) is 8.42 Å². The van der Waals surface area contributed by atoms with Crippen LogP contribution in [0.1, 0.15) is 25.4 Å². The highest BCUT2D eigenvalue weighted by atomic mass is 32.2. The zero-order valence-corrected chi connectivity index (χ0v) is 9.80. The second-order valence-corrected chi connectivity index (χ2v) is 6.32. The minimum atomic E-state index is -3.04. The molecule has 5 heteroatoms. The molecule has 0 amide bonds. The molecule has 1 heterocycles. The van der Waals surface area contributed by atoms with Gasteiger partial charge in [-0.15, -0.1) is 0 Å². The van der Waals surface area contributed by atoms with Crippen LogP contribution in [0.25, 0.3) is 0 Å². The number of rotatable bonds is 3. The van der Waals surface area contributed by atoms with Gasteiger partial charge in [-0.1, -0.05) is 0 Å². The Hall–Kier alpha value is -0.840. The van der Waals surface area contributed by atoms with Crippen LogP contribution in [0.5, 0.6) is 0 Å². The highest BCUT2D eigenvalue weighted by molar-refractivity contribution is 7.91. The molecular weight excluding hydrogens is 200 g/mol. The number of nitrogens with zero attached hydrogens (tertiary/aromatic N) is 2. The smallest absolute Gasteiger partial charge is 0.159 e. The quantitative estimate of drug-likeness (QED) is 0.759. The molecule has 1 aromatic heterocycles. The minimum absolute atomic E-state index is 0.0228. The Kier molecular flexibility index (Phi) is 2.99. The predicted octanol–water partition coefficient (Wildman–Crippen LogP) is 1.05. The Balaban J connectivity index is 2.95. The molecule has 80 valence electrons. The summed E-state index contributed by atoms with van der Waals surface area (Å²) in [6.07, 6.45) is 1.82. The summed E-state index contributed by atoms with van der Waals surface area (Å²) in [6.45, 7) is 5.22. The van der Waals surface area contributed by atoms with Gasteiger partial charge in [-0.25, -0.2) is 13.4 Å². The van der Waals surface area contributed by atoms with Gasteiger partial charge < -0.3 is 4.57 Å². The molecule has 0 aliphatic carbocycles. The summed E-state index contributed by atoms with van der Waals surface area (Å²) < 4.78 is 25.0. The van der Waals surface area contributed by atoms with Crippen LogP contribution in [0.3, 0.4) is 0 Å². The average Bonchev–Trinajstić information content (AvgIpc) is 2.29. The molecule has 0 atom stereocenters. The molecule has 0 saturated carbocycles. The Bertz CT molecular complexity index is 418. The maximum Gasteiger partial charge on any atom is 0.159 e. The van der Waals surface area contributed by atoms with Crippen molar-refractivity contribution in [2.75, 3.05) is 0 Å². The normalized spacial score (nSPS) is 12.4. The van der Waals surface area contributed by atoms with Crippen molar-refractivity contribution in [1.82, 2.24) is 9.55 Å². The Labute approximate surface area is 84.9 Å². The lowest BCUT2D eigenvalue weighted by molar-refractivity contribution is 0.583. The van der Waals surface area contributed by atoms with Crippen LogP contribution in [0.2, 0.25) is 0 Å². The first-order valence-corrected chi connectivity index (χ1v) is 6.25. The second-order valence-electron chi connectivity index (χ2n) is 3.77. The molecule has 0 bridgehead atoms. The van der Waals surface area contributed by atoms with Crippen molar-refractivity contribution < 1.29 is 8.42 Å². The highest BCUT2D eigenvalue weighted by Gasteiger charge is 2.19. The fraction of sp³-hybridized carbons (Fsp3) is 0.667. The summed E-state index contributed by atoms with van der Waals surface area (Å²) in [5.41, 5.74) is 0.849. The lowest BCUT2D eigenvalue weighted by Gasteiger charge is -2.06. The molecular formula is C9H16N2O2S. The van der Waals surface area contributed by atoms with E-state index < -0.39 is 9.84 Å². The molecule has 1 aromatic rings.